The Labute approximate surface area is 115 Å². The van der Waals surface area contributed by atoms with Gasteiger partial charge >= 0.3 is 0 Å². The first-order chi connectivity index (χ1) is 8.69. The average molecular weight is 261 g/mol. The van der Waals surface area contributed by atoms with Crippen LogP contribution in [0.1, 0.15) is 32.3 Å². The lowest BCUT2D eigenvalue weighted by Gasteiger charge is -2.14. The maximum atomic E-state index is 6.44. The molecule has 1 heteroatoms. The van der Waals surface area contributed by atoms with Crippen LogP contribution < -0.4 is 0 Å². The van der Waals surface area contributed by atoms with Crippen LogP contribution in [0.15, 0.2) is 42.5 Å². The fourth-order valence-electron chi connectivity index (χ4n) is 2.31. The molecule has 0 radical (unpaired) electrons. The summed E-state index contributed by atoms with van der Waals surface area (Å²) >= 11 is 6.44. The summed E-state index contributed by atoms with van der Waals surface area (Å²) in [6, 6.07) is 15.1. The second-order valence-electron chi connectivity index (χ2n) is 5.23. The van der Waals surface area contributed by atoms with Gasteiger partial charge in [-0.2, -0.15) is 0 Å². The van der Waals surface area contributed by atoms with Crippen molar-refractivity contribution in [1.82, 2.24) is 0 Å². The lowest BCUT2D eigenvalue weighted by Crippen LogP contribution is -2.08. The second-order valence-corrected chi connectivity index (χ2v) is 5.85. The summed E-state index contributed by atoms with van der Waals surface area (Å²) in [5.41, 5.74) is 1.34. The van der Waals surface area contributed by atoms with Gasteiger partial charge in [-0.05, 0) is 35.1 Å². The molecule has 0 N–H and O–H groups in total. The lowest BCUT2D eigenvalue weighted by molar-refractivity contribution is 0.500. The van der Waals surface area contributed by atoms with Crippen molar-refractivity contribution in [2.45, 2.75) is 38.5 Å². The van der Waals surface area contributed by atoms with Crippen LogP contribution in [0.2, 0.25) is 0 Å². The highest BCUT2D eigenvalue weighted by Gasteiger charge is 2.10. The minimum absolute atomic E-state index is 0.251. The fourth-order valence-corrected chi connectivity index (χ4v) is 2.79. The molecular weight excluding hydrogens is 240 g/mol. The molecule has 2 rings (SSSR count). The maximum Gasteiger partial charge on any atom is 0.0378 e. The van der Waals surface area contributed by atoms with E-state index in [9.17, 15) is 0 Å². The van der Waals surface area contributed by atoms with Crippen LogP contribution in [0, 0.1) is 5.92 Å². The SMILES string of the molecule is CCC(C)CC(Cl)Cc1ccc2ccccc2c1. The third-order valence-electron chi connectivity index (χ3n) is 3.63. The molecule has 0 fully saturated rings. The van der Waals surface area contributed by atoms with Crippen LogP contribution >= 0.6 is 11.6 Å². The number of hydrogen-bond donors (Lipinski definition) is 0. The molecule has 0 spiro atoms. The standard InChI is InChI=1S/C17H21Cl/c1-3-13(2)10-17(18)12-14-8-9-15-6-4-5-7-16(15)11-14/h4-9,11,13,17H,3,10,12H2,1-2H3. The molecule has 2 unspecified atom stereocenters. The van der Waals surface area contributed by atoms with Crippen molar-refractivity contribution in [1.29, 1.82) is 0 Å². The molecule has 0 saturated heterocycles. The second kappa shape index (κ2) is 6.24. The molecule has 0 aliphatic rings. The molecule has 96 valence electrons. The van der Waals surface area contributed by atoms with Crippen molar-refractivity contribution in [2.24, 2.45) is 5.92 Å². The highest BCUT2D eigenvalue weighted by atomic mass is 35.5. The Balaban J connectivity index is 2.07. The predicted molar refractivity (Wildman–Crippen MR) is 81.4 cm³/mol. The zero-order valence-corrected chi connectivity index (χ0v) is 12.0. The molecule has 2 aromatic rings. The van der Waals surface area contributed by atoms with Crippen LogP contribution in [-0.4, -0.2) is 5.38 Å². The van der Waals surface area contributed by atoms with Crippen LogP contribution in [-0.2, 0) is 6.42 Å². The number of alkyl halides is 1. The van der Waals surface area contributed by atoms with Crippen molar-refractivity contribution in [3.05, 3.63) is 48.0 Å². The Morgan fingerprint density at radius 2 is 1.78 bits per heavy atom. The first-order valence-corrected chi connectivity index (χ1v) is 7.24. The first kappa shape index (κ1) is 13.4. The van der Waals surface area contributed by atoms with Gasteiger partial charge in [-0.1, -0.05) is 62.7 Å². The Kier molecular flexibility index (Phi) is 4.66. The van der Waals surface area contributed by atoms with Gasteiger partial charge in [-0.15, -0.1) is 11.6 Å². The third kappa shape index (κ3) is 3.49. The van der Waals surface area contributed by atoms with Crippen molar-refractivity contribution < 1.29 is 0 Å². The van der Waals surface area contributed by atoms with Gasteiger partial charge in [0.1, 0.15) is 0 Å². The van der Waals surface area contributed by atoms with E-state index in [0.717, 1.165) is 12.8 Å². The monoisotopic (exact) mass is 260 g/mol. The quantitative estimate of drug-likeness (QED) is 0.629. The highest BCUT2D eigenvalue weighted by Crippen LogP contribution is 2.21. The minimum Gasteiger partial charge on any atom is -0.123 e. The highest BCUT2D eigenvalue weighted by molar-refractivity contribution is 6.20. The van der Waals surface area contributed by atoms with Gasteiger partial charge in [0.05, 0.1) is 0 Å². The molecular formula is C17H21Cl. The van der Waals surface area contributed by atoms with Gasteiger partial charge in [0.25, 0.3) is 0 Å². The molecule has 0 amide bonds. The number of halogens is 1. The maximum absolute atomic E-state index is 6.44. The first-order valence-electron chi connectivity index (χ1n) is 6.80. The van der Waals surface area contributed by atoms with Gasteiger partial charge < -0.3 is 0 Å². The lowest BCUT2D eigenvalue weighted by atomic mass is 9.97. The molecule has 0 heterocycles. The zero-order chi connectivity index (χ0) is 13.0. The molecule has 0 bridgehead atoms. The van der Waals surface area contributed by atoms with E-state index in [1.54, 1.807) is 0 Å². The number of benzene rings is 2. The van der Waals surface area contributed by atoms with Crippen molar-refractivity contribution in [2.75, 3.05) is 0 Å². The third-order valence-corrected chi connectivity index (χ3v) is 3.96. The van der Waals surface area contributed by atoms with Gasteiger partial charge in [-0.3, -0.25) is 0 Å². The van der Waals surface area contributed by atoms with E-state index in [4.69, 9.17) is 11.6 Å². The van der Waals surface area contributed by atoms with Gasteiger partial charge in [0.2, 0.25) is 0 Å². The summed E-state index contributed by atoms with van der Waals surface area (Å²) in [7, 11) is 0. The topological polar surface area (TPSA) is 0 Å². The molecule has 0 nitrogen and oxygen atoms in total. The summed E-state index contributed by atoms with van der Waals surface area (Å²) < 4.78 is 0. The summed E-state index contributed by atoms with van der Waals surface area (Å²) in [5, 5.41) is 2.86. The Bertz CT molecular complexity index is 504. The van der Waals surface area contributed by atoms with E-state index in [1.807, 2.05) is 0 Å². The Morgan fingerprint density at radius 1 is 1.06 bits per heavy atom. The van der Waals surface area contributed by atoms with Gasteiger partial charge in [0, 0.05) is 5.38 Å². The van der Waals surface area contributed by atoms with Crippen molar-refractivity contribution in [3.8, 4) is 0 Å². The van der Waals surface area contributed by atoms with Crippen molar-refractivity contribution >= 4 is 22.4 Å². The summed E-state index contributed by atoms with van der Waals surface area (Å²) in [4.78, 5) is 0. The molecule has 2 atom stereocenters. The summed E-state index contributed by atoms with van der Waals surface area (Å²) in [6.07, 6.45) is 3.28. The van der Waals surface area contributed by atoms with E-state index in [-0.39, 0.29) is 5.38 Å². The summed E-state index contributed by atoms with van der Waals surface area (Å²) in [5.74, 6) is 0.716. The van der Waals surface area contributed by atoms with E-state index < -0.39 is 0 Å². The molecule has 0 aromatic heterocycles. The van der Waals surface area contributed by atoms with E-state index in [0.29, 0.717) is 5.92 Å². The zero-order valence-electron chi connectivity index (χ0n) is 11.2. The molecule has 0 aliphatic carbocycles. The molecule has 0 saturated carbocycles. The average Bonchev–Trinajstić information content (AvgIpc) is 2.38. The molecule has 18 heavy (non-hydrogen) atoms. The van der Waals surface area contributed by atoms with Gasteiger partial charge in [0.15, 0.2) is 0 Å². The number of rotatable bonds is 5. The number of hydrogen-bond acceptors (Lipinski definition) is 0. The molecule has 2 aromatic carbocycles. The summed E-state index contributed by atoms with van der Waals surface area (Å²) in [6.45, 7) is 4.50. The van der Waals surface area contributed by atoms with Crippen LogP contribution in [0.25, 0.3) is 10.8 Å². The van der Waals surface area contributed by atoms with Gasteiger partial charge in [-0.25, -0.2) is 0 Å². The number of fused-ring (bicyclic) bond motifs is 1. The molecule has 0 aliphatic heterocycles. The predicted octanol–water partition coefficient (Wildman–Crippen LogP) is 5.43. The van der Waals surface area contributed by atoms with E-state index in [2.05, 4.69) is 56.3 Å². The van der Waals surface area contributed by atoms with Crippen LogP contribution in [0.3, 0.4) is 0 Å². The van der Waals surface area contributed by atoms with E-state index >= 15 is 0 Å². The van der Waals surface area contributed by atoms with Crippen molar-refractivity contribution in [3.63, 3.8) is 0 Å². The largest absolute Gasteiger partial charge is 0.123 e. The van der Waals surface area contributed by atoms with Crippen LogP contribution in [0.5, 0.6) is 0 Å². The van der Waals surface area contributed by atoms with E-state index in [1.165, 1.54) is 22.8 Å². The minimum atomic E-state index is 0.251. The smallest absolute Gasteiger partial charge is 0.0378 e. The normalized spacial score (nSPS) is 14.6. The Morgan fingerprint density at radius 3 is 2.50 bits per heavy atom. The Hall–Kier alpha value is -1.01. The fraction of sp³-hybridized carbons (Fsp3) is 0.412. The van der Waals surface area contributed by atoms with Crippen LogP contribution in [0.4, 0.5) is 0 Å².